The van der Waals surface area contributed by atoms with Crippen molar-refractivity contribution in [1.82, 2.24) is 15.3 Å². The van der Waals surface area contributed by atoms with E-state index < -0.39 is 0 Å². The Labute approximate surface area is 129 Å². The van der Waals surface area contributed by atoms with Crippen molar-refractivity contribution in [2.45, 2.75) is 50.2 Å². The van der Waals surface area contributed by atoms with E-state index >= 15 is 0 Å². The lowest BCUT2D eigenvalue weighted by Crippen LogP contribution is -2.37. The fourth-order valence-corrected chi connectivity index (χ4v) is 3.51. The van der Waals surface area contributed by atoms with Crippen molar-refractivity contribution in [3.8, 4) is 0 Å². The van der Waals surface area contributed by atoms with Crippen LogP contribution in [0.5, 0.6) is 0 Å². The number of thioether (sulfide) groups is 1. The van der Waals surface area contributed by atoms with Crippen molar-refractivity contribution in [1.29, 1.82) is 0 Å². The molecule has 5 heteroatoms. The average Bonchev–Trinajstić information content (AvgIpc) is 2.88. The van der Waals surface area contributed by atoms with Gasteiger partial charge in [0.15, 0.2) is 5.16 Å². The Hall–Kier alpha value is -1.49. The summed E-state index contributed by atoms with van der Waals surface area (Å²) in [5.74, 6) is 0.540. The minimum absolute atomic E-state index is 0.114. The van der Waals surface area contributed by atoms with E-state index in [1.165, 1.54) is 36.6 Å². The molecule has 112 valence electrons. The van der Waals surface area contributed by atoms with Crippen LogP contribution in [0, 0.1) is 6.92 Å². The first kappa shape index (κ1) is 14.4. The quantitative estimate of drug-likeness (QED) is 0.851. The molecule has 1 aliphatic carbocycles. The Morgan fingerprint density at radius 3 is 3.00 bits per heavy atom. The molecular formula is C16H21N3OS. The van der Waals surface area contributed by atoms with Crippen LogP contribution < -0.4 is 5.32 Å². The largest absolute Gasteiger partial charge is 0.353 e. The molecule has 1 aliphatic rings. The molecule has 0 unspecified atom stereocenters. The maximum atomic E-state index is 12.0. The Balaban J connectivity index is 1.54. The molecule has 2 N–H and O–H groups in total. The van der Waals surface area contributed by atoms with Crippen LogP contribution in [0.1, 0.15) is 37.7 Å². The first-order valence-corrected chi connectivity index (χ1v) is 8.58. The number of imidazole rings is 1. The van der Waals surface area contributed by atoms with E-state index in [9.17, 15) is 4.79 Å². The molecule has 0 saturated heterocycles. The standard InChI is InChI=1S/C16H21N3OS/c1-11-7-8-13-14(9-11)19-16(18-13)21-10-15(20)17-12-5-3-2-4-6-12/h7-9,12H,2-6,10H2,1H3,(H,17,20)(H,18,19). The van der Waals surface area contributed by atoms with Gasteiger partial charge in [0.05, 0.1) is 16.8 Å². The van der Waals surface area contributed by atoms with Gasteiger partial charge in [-0.15, -0.1) is 0 Å². The molecule has 0 atom stereocenters. The summed E-state index contributed by atoms with van der Waals surface area (Å²) in [5, 5.41) is 3.94. The van der Waals surface area contributed by atoms with Gasteiger partial charge in [0.1, 0.15) is 0 Å². The van der Waals surface area contributed by atoms with E-state index in [1.807, 2.05) is 12.1 Å². The number of benzene rings is 1. The highest BCUT2D eigenvalue weighted by atomic mass is 32.2. The Bertz CT molecular complexity index is 631. The summed E-state index contributed by atoms with van der Waals surface area (Å²) in [5.41, 5.74) is 3.19. The summed E-state index contributed by atoms with van der Waals surface area (Å²) in [6, 6.07) is 6.51. The summed E-state index contributed by atoms with van der Waals surface area (Å²) in [6.07, 6.45) is 6.03. The van der Waals surface area contributed by atoms with E-state index in [1.54, 1.807) is 0 Å². The van der Waals surface area contributed by atoms with Crippen molar-refractivity contribution >= 4 is 28.7 Å². The van der Waals surface area contributed by atoms with Gasteiger partial charge in [0.25, 0.3) is 0 Å². The number of aromatic nitrogens is 2. The van der Waals surface area contributed by atoms with Crippen LogP contribution in [0.2, 0.25) is 0 Å². The second-order valence-corrected chi connectivity index (χ2v) is 6.72. The molecule has 21 heavy (non-hydrogen) atoms. The molecule has 1 aromatic heterocycles. The molecule has 1 saturated carbocycles. The van der Waals surface area contributed by atoms with Crippen molar-refractivity contribution in [3.63, 3.8) is 0 Å². The second-order valence-electron chi connectivity index (χ2n) is 5.75. The van der Waals surface area contributed by atoms with Crippen molar-refractivity contribution in [3.05, 3.63) is 23.8 Å². The third kappa shape index (κ3) is 3.79. The predicted octanol–water partition coefficient (Wildman–Crippen LogP) is 3.41. The third-order valence-corrected chi connectivity index (χ3v) is 4.80. The van der Waals surface area contributed by atoms with Gasteiger partial charge in [-0.05, 0) is 37.5 Å². The summed E-state index contributed by atoms with van der Waals surface area (Å²) < 4.78 is 0. The molecule has 2 aromatic rings. The molecule has 1 aromatic carbocycles. The molecule has 1 fully saturated rings. The van der Waals surface area contributed by atoms with Crippen LogP contribution in [0.25, 0.3) is 11.0 Å². The smallest absolute Gasteiger partial charge is 0.230 e. The number of carbonyl (C=O) groups excluding carboxylic acids is 1. The number of hydrogen-bond donors (Lipinski definition) is 2. The number of rotatable bonds is 4. The fraction of sp³-hybridized carbons (Fsp3) is 0.500. The number of carbonyl (C=O) groups is 1. The molecule has 0 aliphatic heterocycles. The van der Waals surface area contributed by atoms with Gasteiger partial charge in [0, 0.05) is 6.04 Å². The predicted molar refractivity (Wildman–Crippen MR) is 86.6 cm³/mol. The van der Waals surface area contributed by atoms with E-state index in [2.05, 4.69) is 28.3 Å². The van der Waals surface area contributed by atoms with Crippen molar-refractivity contribution in [2.75, 3.05) is 5.75 Å². The number of aromatic amines is 1. The topological polar surface area (TPSA) is 57.8 Å². The number of H-pyrrole nitrogens is 1. The number of amides is 1. The summed E-state index contributed by atoms with van der Waals surface area (Å²) in [7, 11) is 0. The molecule has 0 bridgehead atoms. The van der Waals surface area contributed by atoms with Crippen LogP contribution in [0.15, 0.2) is 23.4 Å². The first-order chi connectivity index (χ1) is 10.2. The number of aryl methyl sites for hydroxylation is 1. The number of nitrogens with zero attached hydrogens (tertiary/aromatic N) is 1. The van der Waals surface area contributed by atoms with E-state index in [0.29, 0.717) is 11.8 Å². The zero-order chi connectivity index (χ0) is 14.7. The van der Waals surface area contributed by atoms with Crippen molar-refractivity contribution < 1.29 is 4.79 Å². The van der Waals surface area contributed by atoms with Gasteiger partial charge < -0.3 is 10.3 Å². The average molecular weight is 303 g/mol. The van der Waals surface area contributed by atoms with E-state index in [0.717, 1.165) is 29.0 Å². The monoisotopic (exact) mass is 303 g/mol. The van der Waals surface area contributed by atoms with Gasteiger partial charge in [-0.25, -0.2) is 4.98 Å². The molecule has 1 heterocycles. The third-order valence-electron chi connectivity index (χ3n) is 3.93. The lowest BCUT2D eigenvalue weighted by Gasteiger charge is -2.22. The Kier molecular flexibility index (Phi) is 4.48. The minimum Gasteiger partial charge on any atom is -0.353 e. The second kappa shape index (κ2) is 6.52. The van der Waals surface area contributed by atoms with E-state index in [4.69, 9.17) is 0 Å². The number of nitrogens with one attached hydrogen (secondary N) is 2. The zero-order valence-electron chi connectivity index (χ0n) is 12.3. The van der Waals surface area contributed by atoms with Gasteiger partial charge in [-0.3, -0.25) is 4.79 Å². The minimum atomic E-state index is 0.114. The summed E-state index contributed by atoms with van der Waals surface area (Å²) in [6.45, 7) is 2.06. The van der Waals surface area contributed by atoms with E-state index in [-0.39, 0.29) is 5.91 Å². The molecule has 0 radical (unpaired) electrons. The lowest BCUT2D eigenvalue weighted by molar-refractivity contribution is -0.119. The van der Waals surface area contributed by atoms with Crippen LogP contribution in [-0.4, -0.2) is 27.7 Å². The van der Waals surface area contributed by atoms with Crippen molar-refractivity contribution in [2.24, 2.45) is 0 Å². The van der Waals surface area contributed by atoms with Crippen LogP contribution in [0.3, 0.4) is 0 Å². The molecule has 1 amide bonds. The maximum Gasteiger partial charge on any atom is 0.230 e. The molecule has 0 spiro atoms. The first-order valence-electron chi connectivity index (χ1n) is 7.59. The Morgan fingerprint density at radius 1 is 1.38 bits per heavy atom. The van der Waals surface area contributed by atoms with Crippen LogP contribution in [-0.2, 0) is 4.79 Å². The summed E-state index contributed by atoms with van der Waals surface area (Å²) in [4.78, 5) is 19.7. The van der Waals surface area contributed by atoms with Crippen LogP contribution in [0.4, 0.5) is 0 Å². The SMILES string of the molecule is Cc1ccc2nc(SCC(=O)NC3CCCCC3)[nH]c2c1. The van der Waals surface area contributed by atoms with Crippen LogP contribution >= 0.6 is 11.8 Å². The molecular weight excluding hydrogens is 282 g/mol. The van der Waals surface area contributed by atoms with Gasteiger partial charge in [0.2, 0.25) is 5.91 Å². The normalized spacial score (nSPS) is 16.2. The lowest BCUT2D eigenvalue weighted by atomic mass is 9.95. The number of fused-ring (bicyclic) bond motifs is 1. The summed E-state index contributed by atoms with van der Waals surface area (Å²) >= 11 is 1.47. The highest BCUT2D eigenvalue weighted by Gasteiger charge is 2.16. The molecule has 3 rings (SSSR count). The zero-order valence-corrected chi connectivity index (χ0v) is 13.1. The Morgan fingerprint density at radius 2 is 2.19 bits per heavy atom. The van der Waals surface area contributed by atoms with Gasteiger partial charge in [-0.1, -0.05) is 37.1 Å². The highest BCUT2D eigenvalue weighted by Crippen LogP contribution is 2.21. The highest BCUT2D eigenvalue weighted by molar-refractivity contribution is 7.99. The van der Waals surface area contributed by atoms with Gasteiger partial charge >= 0.3 is 0 Å². The molecule has 4 nitrogen and oxygen atoms in total. The van der Waals surface area contributed by atoms with Gasteiger partial charge in [-0.2, -0.15) is 0 Å². The fourth-order valence-electron chi connectivity index (χ4n) is 2.82. The number of hydrogen-bond acceptors (Lipinski definition) is 3. The maximum absolute atomic E-state index is 12.0.